The van der Waals surface area contributed by atoms with Crippen molar-refractivity contribution in [3.05, 3.63) is 24.2 Å². The molecular weight excluding hydrogens is 190 g/mol. The van der Waals surface area contributed by atoms with Gasteiger partial charge < -0.3 is 4.42 Å². The van der Waals surface area contributed by atoms with E-state index in [2.05, 4.69) is 25.7 Å². The van der Waals surface area contributed by atoms with Gasteiger partial charge in [-0.1, -0.05) is 13.8 Å². The maximum atomic E-state index is 11.7. The second-order valence-electron chi connectivity index (χ2n) is 4.30. The predicted molar refractivity (Wildman–Crippen MR) is 60.0 cm³/mol. The van der Waals surface area contributed by atoms with Gasteiger partial charge in [-0.25, -0.2) is 0 Å². The Labute approximate surface area is 91.1 Å². The van der Waals surface area contributed by atoms with Crippen LogP contribution in [0.1, 0.15) is 31.3 Å². The molecule has 3 nitrogen and oxygen atoms in total. The van der Waals surface area contributed by atoms with E-state index in [1.807, 2.05) is 7.05 Å². The summed E-state index contributed by atoms with van der Waals surface area (Å²) in [7, 11) is 1.96. The summed E-state index contributed by atoms with van der Waals surface area (Å²) < 4.78 is 5.06. The van der Waals surface area contributed by atoms with Gasteiger partial charge >= 0.3 is 0 Å². The molecule has 0 aromatic carbocycles. The number of hydrogen-bond acceptors (Lipinski definition) is 3. The van der Waals surface area contributed by atoms with Gasteiger partial charge in [0.2, 0.25) is 5.78 Å². The smallest absolute Gasteiger partial charge is 0.211 e. The lowest BCUT2D eigenvalue weighted by molar-refractivity contribution is 0.0879. The summed E-state index contributed by atoms with van der Waals surface area (Å²) in [5.41, 5.74) is 0. The Morgan fingerprint density at radius 1 is 1.47 bits per heavy atom. The molecule has 1 heterocycles. The molecule has 84 valence electrons. The Hall–Kier alpha value is -1.09. The number of Topliss-reactive ketones (excluding diaryl/α,β-unsaturated/α-hetero) is 1. The molecule has 0 amide bonds. The van der Waals surface area contributed by atoms with Crippen LogP contribution >= 0.6 is 0 Å². The van der Waals surface area contributed by atoms with Crippen LogP contribution in [0, 0.1) is 5.92 Å². The molecule has 1 aromatic heterocycles. The first-order chi connectivity index (χ1) is 7.02. The number of ketones is 1. The van der Waals surface area contributed by atoms with Crippen LogP contribution in [0.3, 0.4) is 0 Å². The third-order valence-corrected chi connectivity index (χ3v) is 2.85. The van der Waals surface area contributed by atoms with Gasteiger partial charge in [0.25, 0.3) is 0 Å². The van der Waals surface area contributed by atoms with Crippen molar-refractivity contribution in [2.24, 2.45) is 5.92 Å². The van der Waals surface area contributed by atoms with Gasteiger partial charge in [-0.05, 0) is 32.0 Å². The van der Waals surface area contributed by atoms with Gasteiger partial charge in [0.05, 0.1) is 12.8 Å². The number of carbonyl (C=O) groups is 1. The van der Waals surface area contributed by atoms with Gasteiger partial charge in [-0.15, -0.1) is 0 Å². The van der Waals surface area contributed by atoms with Crippen molar-refractivity contribution in [2.75, 3.05) is 13.6 Å². The molecule has 15 heavy (non-hydrogen) atoms. The number of carbonyl (C=O) groups excluding carboxylic acids is 1. The lowest BCUT2D eigenvalue weighted by Crippen LogP contribution is -2.37. The summed E-state index contributed by atoms with van der Waals surface area (Å²) in [6.07, 6.45) is 1.53. The van der Waals surface area contributed by atoms with Crippen molar-refractivity contribution >= 4 is 5.78 Å². The highest BCUT2D eigenvalue weighted by atomic mass is 16.3. The average Bonchev–Trinajstić information content (AvgIpc) is 2.68. The van der Waals surface area contributed by atoms with E-state index in [4.69, 9.17) is 4.42 Å². The molecule has 0 saturated heterocycles. The molecule has 0 aliphatic heterocycles. The van der Waals surface area contributed by atoms with Crippen LogP contribution in [0.5, 0.6) is 0 Å². The SMILES string of the molecule is CC(C)C(C)N(C)CC(=O)c1ccco1. The summed E-state index contributed by atoms with van der Waals surface area (Å²) in [5, 5.41) is 0. The van der Waals surface area contributed by atoms with E-state index < -0.39 is 0 Å². The Morgan fingerprint density at radius 2 is 2.13 bits per heavy atom. The van der Waals surface area contributed by atoms with Gasteiger partial charge in [0.1, 0.15) is 0 Å². The quantitative estimate of drug-likeness (QED) is 0.698. The number of likely N-dealkylation sites (N-methyl/N-ethyl adjacent to an activating group) is 1. The second kappa shape index (κ2) is 5.12. The zero-order valence-corrected chi connectivity index (χ0v) is 9.86. The Bertz CT molecular complexity index is 303. The third-order valence-electron chi connectivity index (χ3n) is 2.85. The highest BCUT2D eigenvalue weighted by Crippen LogP contribution is 2.09. The highest BCUT2D eigenvalue weighted by molar-refractivity contribution is 5.94. The minimum atomic E-state index is 0.0370. The minimum absolute atomic E-state index is 0.0370. The van der Waals surface area contributed by atoms with Crippen LogP contribution in [-0.4, -0.2) is 30.3 Å². The van der Waals surface area contributed by atoms with Crippen molar-refractivity contribution < 1.29 is 9.21 Å². The van der Waals surface area contributed by atoms with Gasteiger partial charge in [0.15, 0.2) is 5.76 Å². The number of rotatable bonds is 5. The van der Waals surface area contributed by atoms with Crippen molar-refractivity contribution in [1.29, 1.82) is 0 Å². The lowest BCUT2D eigenvalue weighted by Gasteiger charge is -2.26. The van der Waals surface area contributed by atoms with Crippen molar-refractivity contribution in [3.8, 4) is 0 Å². The molecule has 0 saturated carbocycles. The first-order valence-electron chi connectivity index (χ1n) is 5.29. The van der Waals surface area contributed by atoms with Crippen LogP contribution in [0.2, 0.25) is 0 Å². The summed E-state index contributed by atoms with van der Waals surface area (Å²) in [4.78, 5) is 13.8. The molecule has 1 atom stereocenters. The summed E-state index contributed by atoms with van der Waals surface area (Å²) >= 11 is 0. The molecule has 0 radical (unpaired) electrons. The highest BCUT2D eigenvalue weighted by Gasteiger charge is 2.17. The largest absolute Gasteiger partial charge is 0.461 e. The molecule has 1 rings (SSSR count). The normalized spacial score (nSPS) is 13.5. The molecule has 0 bridgehead atoms. The monoisotopic (exact) mass is 209 g/mol. The Kier molecular flexibility index (Phi) is 4.09. The summed E-state index contributed by atoms with van der Waals surface area (Å²) in [6, 6.07) is 3.83. The van der Waals surface area contributed by atoms with Crippen molar-refractivity contribution in [3.63, 3.8) is 0 Å². The van der Waals surface area contributed by atoms with E-state index in [0.717, 1.165) is 0 Å². The molecule has 0 aliphatic carbocycles. The number of nitrogens with zero attached hydrogens (tertiary/aromatic N) is 1. The standard InChI is InChI=1S/C12H19NO2/c1-9(2)10(3)13(4)8-11(14)12-6-5-7-15-12/h5-7,9-10H,8H2,1-4H3. The Balaban J connectivity index is 2.52. The van der Waals surface area contributed by atoms with E-state index in [9.17, 15) is 4.79 Å². The molecule has 1 unspecified atom stereocenters. The fourth-order valence-corrected chi connectivity index (χ4v) is 1.39. The first kappa shape index (κ1) is 12.0. The molecular formula is C12H19NO2. The van der Waals surface area contributed by atoms with Crippen LogP contribution in [0.25, 0.3) is 0 Å². The topological polar surface area (TPSA) is 33.5 Å². The molecule has 1 aromatic rings. The molecule has 0 aliphatic rings. The number of furan rings is 1. The van der Waals surface area contributed by atoms with Crippen molar-refractivity contribution in [1.82, 2.24) is 4.90 Å². The maximum absolute atomic E-state index is 11.7. The molecule has 0 spiro atoms. The first-order valence-corrected chi connectivity index (χ1v) is 5.29. The Morgan fingerprint density at radius 3 is 2.60 bits per heavy atom. The van der Waals surface area contributed by atoms with E-state index in [1.165, 1.54) is 6.26 Å². The van der Waals surface area contributed by atoms with Gasteiger partial charge in [-0.3, -0.25) is 9.69 Å². The van der Waals surface area contributed by atoms with E-state index in [1.54, 1.807) is 12.1 Å². The second-order valence-corrected chi connectivity index (χ2v) is 4.30. The molecule has 0 N–H and O–H groups in total. The lowest BCUT2D eigenvalue weighted by atomic mass is 10.1. The maximum Gasteiger partial charge on any atom is 0.211 e. The van der Waals surface area contributed by atoms with Crippen LogP contribution in [0.4, 0.5) is 0 Å². The fraction of sp³-hybridized carbons (Fsp3) is 0.583. The van der Waals surface area contributed by atoms with Crippen LogP contribution < -0.4 is 0 Å². The van der Waals surface area contributed by atoms with Crippen molar-refractivity contribution in [2.45, 2.75) is 26.8 Å². The third kappa shape index (κ3) is 3.20. The molecule has 0 fully saturated rings. The zero-order valence-electron chi connectivity index (χ0n) is 9.86. The number of hydrogen-bond donors (Lipinski definition) is 0. The summed E-state index contributed by atoms with van der Waals surface area (Å²) in [6.45, 7) is 6.84. The zero-order chi connectivity index (χ0) is 11.4. The van der Waals surface area contributed by atoms with Gasteiger partial charge in [-0.2, -0.15) is 0 Å². The minimum Gasteiger partial charge on any atom is -0.461 e. The van der Waals surface area contributed by atoms with E-state index in [-0.39, 0.29) is 5.78 Å². The molecule has 3 heteroatoms. The van der Waals surface area contributed by atoms with Crippen LogP contribution in [-0.2, 0) is 0 Å². The van der Waals surface area contributed by atoms with Gasteiger partial charge in [0, 0.05) is 6.04 Å². The average molecular weight is 209 g/mol. The van der Waals surface area contributed by atoms with Crippen LogP contribution in [0.15, 0.2) is 22.8 Å². The van der Waals surface area contributed by atoms with E-state index >= 15 is 0 Å². The predicted octanol–water partition coefficient (Wildman–Crippen LogP) is 2.44. The summed E-state index contributed by atoms with van der Waals surface area (Å²) in [5.74, 6) is 1.02. The van der Waals surface area contributed by atoms with E-state index in [0.29, 0.717) is 24.3 Å². The fourth-order valence-electron chi connectivity index (χ4n) is 1.39.